The van der Waals surface area contributed by atoms with Crippen molar-refractivity contribution < 1.29 is 9.18 Å². The Morgan fingerprint density at radius 2 is 1.71 bits per heavy atom. The summed E-state index contributed by atoms with van der Waals surface area (Å²) in [7, 11) is 0. The summed E-state index contributed by atoms with van der Waals surface area (Å²) in [5, 5.41) is 0.387. The zero-order valence-electron chi connectivity index (χ0n) is 14.9. The number of hydrogen-bond donors (Lipinski definition) is 0. The van der Waals surface area contributed by atoms with Crippen molar-refractivity contribution >= 4 is 27.3 Å². The minimum atomic E-state index is -0.582. The van der Waals surface area contributed by atoms with Crippen LogP contribution in [0.5, 0.6) is 0 Å². The molecular weight excluding hydrogens is 379 g/mol. The Hall–Kier alpha value is -3.32. The molecule has 0 atom stereocenters. The molecule has 4 aromatic rings. The monoisotopic (exact) mass is 394 g/mol. The number of para-hydroxylation sites is 1. The van der Waals surface area contributed by atoms with Crippen molar-refractivity contribution in [1.82, 2.24) is 9.13 Å². The minimum absolute atomic E-state index is 0.242. The van der Waals surface area contributed by atoms with Gasteiger partial charge in [-0.25, -0.2) is 13.8 Å². The average Bonchev–Trinajstić information content (AvgIpc) is 3.08. The van der Waals surface area contributed by atoms with E-state index in [1.165, 1.54) is 40.2 Å². The topological polar surface area (TPSA) is 61.1 Å². The van der Waals surface area contributed by atoms with Crippen molar-refractivity contribution in [1.29, 1.82) is 0 Å². The molecule has 4 rings (SSSR count). The van der Waals surface area contributed by atoms with Crippen LogP contribution in [-0.2, 0) is 6.54 Å². The van der Waals surface area contributed by atoms with Crippen molar-refractivity contribution in [3.05, 3.63) is 97.8 Å². The second-order valence-corrected chi connectivity index (χ2v) is 7.59. The third kappa shape index (κ3) is 3.10. The Bertz CT molecular complexity index is 1300. The van der Waals surface area contributed by atoms with Crippen molar-refractivity contribution in [2.24, 2.45) is 0 Å². The standard InChI is InChI=1S/C21H15FN2O3S/c1-13-11-17-19(26)24(16-5-3-2-4-6-16)21(27)23(20(17)28-13)12-18(25)14-7-9-15(22)10-8-14/h2-11H,12H2,1H3. The van der Waals surface area contributed by atoms with Crippen LogP contribution in [0.4, 0.5) is 4.39 Å². The van der Waals surface area contributed by atoms with Crippen LogP contribution in [0.25, 0.3) is 15.9 Å². The maximum Gasteiger partial charge on any atom is 0.337 e. The van der Waals surface area contributed by atoms with E-state index in [4.69, 9.17) is 0 Å². The van der Waals surface area contributed by atoms with Gasteiger partial charge in [-0.1, -0.05) is 18.2 Å². The van der Waals surface area contributed by atoms with Crippen molar-refractivity contribution in [2.45, 2.75) is 13.5 Å². The van der Waals surface area contributed by atoms with Crippen molar-refractivity contribution in [3.63, 3.8) is 0 Å². The molecular formula is C21H15FN2O3S. The van der Waals surface area contributed by atoms with Crippen LogP contribution < -0.4 is 11.2 Å². The molecule has 0 aliphatic heterocycles. The predicted molar refractivity (Wildman–Crippen MR) is 107 cm³/mol. The van der Waals surface area contributed by atoms with Gasteiger partial charge in [0.15, 0.2) is 5.78 Å². The van der Waals surface area contributed by atoms with Crippen LogP contribution in [0.1, 0.15) is 15.2 Å². The average molecular weight is 394 g/mol. The number of aryl methyl sites for hydroxylation is 1. The van der Waals surface area contributed by atoms with E-state index in [1.807, 2.05) is 6.92 Å². The largest absolute Gasteiger partial charge is 0.337 e. The van der Waals surface area contributed by atoms with Gasteiger partial charge in [-0.2, -0.15) is 0 Å². The highest BCUT2D eigenvalue weighted by molar-refractivity contribution is 7.18. The van der Waals surface area contributed by atoms with Gasteiger partial charge < -0.3 is 0 Å². The summed E-state index contributed by atoms with van der Waals surface area (Å²) in [5.74, 6) is -0.782. The summed E-state index contributed by atoms with van der Waals surface area (Å²) in [6, 6.07) is 15.5. The molecule has 0 unspecified atom stereocenters. The second-order valence-electron chi connectivity index (χ2n) is 6.35. The van der Waals surface area contributed by atoms with E-state index < -0.39 is 17.1 Å². The molecule has 5 nitrogen and oxygen atoms in total. The van der Waals surface area contributed by atoms with E-state index in [2.05, 4.69) is 0 Å². The Morgan fingerprint density at radius 1 is 1.04 bits per heavy atom. The summed E-state index contributed by atoms with van der Waals surface area (Å²) in [6.45, 7) is 1.60. The predicted octanol–water partition coefficient (Wildman–Crippen LogP) is 3.54. The van der Waals surface area contributed by atoms with E-state index in [-0.39, 0.29) is 12.3 Å². The van der Waals surface area contributed by atoms with Gasteiger partial charge >= 0.3 is 5.69 Å². The van der Waals surface area contributed by atoms with E-state index in [0.717, 1.165) is 9.44 Å². The number of Topliss-reactive ketones (excluding diaryl/α,β-unsaturated/α-hetero) is 1. The van der Waals surface area contributed by atoms with Gasteiger partial charge in [0.2, 0.25) is 0 Å². The van der Waals surface area contributed by atoms with Gasteiger partial charge in [0.05, 0.1) is 17.6 Å². The fourth-order valence-corrected chi connectivity index (χ4v) is 4.08. The number of thiophene rings is 1. The fourth-order valence-electron chi connectivity index (χ4n) is 3.09. The van der Waals surface area contributed by atoms with Crippen LogP contribution in [0.3, 0.4) is 0 Å². The number of nitrogens with zero attached hydrogens (tertiary/aromatic N) is 2. The van der Waals surface area contributed by atoms with E-state index in [1.54, 1.807) is 36.4 Å². The first-order valence-electron chi connectivity index (χ1n) is 8.56. The number of carbonyl (C=O) groups is 1. The second kappa shape index (κ2) is 7.01. The lowest BCUT2D eigenvalue weighted by molar-refractivity contribution is 0.0971. The molecule has 0 N–H and O–H groups in total. The highest BCUT2D eigenvalue weighted by Gasteiger charge is 2.19. The zero-order valence-corrected chi connectivity index (χ0v) is 15.7. The molecule has 0 saturated heterocycles. The minimum Gasteiger partial charge on any atom is -0.292 e. The van der Waals surface area contributed by atoms with Gasteiger partial charge in [0.1, 0.15) is 10.6 Å². The van der Waals surface area contributed by atoms with Gasteiger partial charge in [-0.3, -0.25) is 14.2 Å². The quantitative estimate of drug-likeness (QED) is 0.498. The number of aromatic nitrogens is 2. The molecule has 0 spiro atoms. The number of hydrogen-bond acceptors (Lipinski definition) is 4. The number of fused-ring (bicyclic) bond motifs is 1. The number of halogens is 1. The number of carbonyl (C=O) groups excluding carboxylic acids is 1. The summed E-state index contributed by atoms with van der Waals surface area (Å²) < 4.78 is 15.5. The fraction of sp³-hybridized carbons (Fsp3) is 0.0952. The lowest BCUT2D eigenvalue weighted by atomic mass is 10.1. The third-order valence-electron chi connectivity index (χ3n) is 4.42. The lowest BCUT2D eigenvalue weighted by Gasteiger charge is -2.11. The first-order chi connectivity index (χ1) is 13.5. The molecule has 0 radical (unpaired) electrons. The maximum absolute atomic E-state index is 13.2. The molecule has 0 amide bonds. The SMILES string of the molecule is Cc1cc2c(=O)n(-c3ccccc3)c(=O)n(CC(=O)c3ccc(F)cc3)c2s1. The van der Waals surface area contributed by atoms with Crippen molar-refractivity contribution in [2.75, 3.05) is 0 Å². The van der Waals surface area contributed by atoms with Gasteiger partial charge in [0.25, 0.3) is 5.56 Å². The number of benzene rings is 2. The molecule has 28 heavy (non-hydrogen) atoms. The summed E-state index contributed by atoms with van der Waals surface area (Å²) in [6.07, 6.45) is 0. The van der Waals surface area contributed by atoms with Gasteiger partial charge in [0, 0.05) is 10.4 Å². The molecule has 7 heteroatoms. The molecule has 0 aliphatic rings. The summed E-state index contributed by atoms with van der Waals surface area (Å²) >= 11 is 1.29. The molecule has 2 aromatic carbocycles. The Morgan fingerprint density at radius 3 is 2.39 bits per heavy atom. The Labute approximate surface area is 162 Å². The van der Waals surface area contributed by atoms with Crippen LogP contribution >= 0.6 is 11.3 Å². The smallest absolute Gasteiger partial charge is 0.292 e. The van der Waals surface area contributed by atoms with E-state index in [9.17, 15) is 18.8 Å². The maximum atomic E-state index is 13.2. The lowest BCUT2D eigenvalue weighted by Crippen LogP contribution is -2.39. The Kier molecular flexibility index (Phi) is 4.52. The van der Waals surface area contributed by atoms with Crippen LogP contribution in [0, 0.1) is 12.7 Å². The number of ketones is 1. The van der Waals surface area contributed by atoms with Crippen LogP contribution in [0.2, 0.25) is 0 Å². The molecule has 2 heterocycles. The molecule has 0 bridgehead atoms. The molecule has 0 saturated carbocycles. The summed E-state index contributed by atoms with van der Waals surface area (Å²) in [5.41, 5.74) is -0.263. The van der Waals surface area contributed by atoms with Gasteiger partial charge in [-0.15, -0.1) is 11.3 Å². The molecule has 0 aliphatic carbocycles. The zero-order chi connectivity index (χ0) is 19.8. The first-order valence-corrected chi connectivity index (χ1v) is 9.37. The molecule has 140 valence electrons. The highest BCUT2D eigenvalue weighted by Crippen LogP contribution is 2.22. The molecule has 2 aromatic heterocycles. The van der Waals surface area contributed by atoms with Crippen molar-refractivity contribution in [3.8, 4) is 5.69 Å². The van der Waals surface area contributed by atoms with Crippen LogP contribution in [-0.4, -0.2) is 14.9 Å². The molecule has 0 fully saturated rings. The first kappa shape index (κ1) is 18.1. The third-order valence-corrected chi connectivity index (χ3v) is 5.49. The van der Waals surface area contributed by atoms with Gasteiger partial charge in [-0.05, 0) is 49.4 Å². The highest BCUT2D eigenvalue weighted by atomic mass is 32.1. The van der Waals surface area contributed by atoms with E-state index in [0.29, 0.717) is 21.5 Å². The Balaban J connectivity index is 1.92. The van der Waals surface area contributed by atoms with E-state index >= 15 is 0 Å². The normalized spacial score (nSPS) is 11.1. The summed E-state index contributed by atoms with van der Waals surface area (Å²) in [4.78, 5) is 40.1. The van der Waals surface area contributed by atoms with Crippen LogP contribution in [0.15, 0.2) is 70.3 Å². The number of rotatable bonds is 4.